The van der Waals surface area contributed by atoms with Gasteiger partial charge in [0.2, 0.25) is 10.0 Å². The molecular formula is C11H17N5O2S2. The molecular weight excluding hydrogens is 298 g/mol. The molecule has 9 heteroatoms. The van der Waals surface area contributed by atoms with E-state index in [2.05, 4.69) is 14.8 Å². The van der Waals surface area contributed by atoms with Crippen molar-refractivity contribution in [2.75, 3.05) is 13.1 Å². The number of nitrogens with two attached hydrogens (primary N) is 1. The van der Waals surface area contributed by atoms with Crippen molar-refractivity contribution in [1.82, 2.24) is 19.5 Å². The highest BCUT2D eigenvalue weighted by molar-refractivity contribution is 7.89. The first-order valence-corrected chi connectivity index (χ1v) is 8.51. The Hall–Kier alpha value is -1.29. The van der Waals surface area contributed by atoms with Crippen molar-refractivity contribution in [2.24, 2.45) is 5.73 Å². The highest BCUT2D eigenvalue weighted by Crippen LogP contribution is 2.17. The normalized spacial score (nSPS) is 13.5. The molecule has 2 aromatic heterocycles. The lowest BCUT2D eigenvalue weighted by Crippen LogP contribution is -2.27. The van der Waals surface area contributed by atoms with Crippen LogP contribution in [-0.2, 0) is 16.6 Å². The van der Waals surface area contributed by atoms with Crippen LogP contribution < -0.4 is 10.5 Å². The number of hydrogen-bond acceptors (Lipinski definition) is 6. The summed E-state index contributed by atoms with van der Waals surface area (Å²) in [4.78, 5) is 4.32. The second-order valence-corrected chi connectivity index (χ2v) is 7.04. The van der Waals surface area contributed by atoms with Gasteiger partial charge in [-0.15, -0.1) is 11.3 Å². The van der Waals surface area contributed by atoms with Crippen molar-refractivity contribution in [3.63, 3.8) is 0 Å². The van der Waals surface area contributed by atoms with Crippen LogP contribution in [0.3, 0.4) is 0 Å². The number of nitrogens with one attached hydrogen (secondary N) is 1. The molecule has 0 saturated heterocycles. The molecule has 0 aliphatic rings. The molecule has 0 spiro atoms. The number of aromatic nitrogens is 3. The van der Waals surface area contributed by atoms with Crippen molar-refractivity contribution < 1.29 is 8.42 Å². The van der Waals surface area contributed by atoms with Crippen LogP contribution in [0.1, 0.15) is 17.8 Å². The zero-order chi connectivity index (χ0) is 14.6. The highest BCUT2D eigenvalue weighted by Gasteiger charge is 2.18. The summed E-state index contributed by atoms with van der Waals surface area (Å²) in [5, 5.41) is 6.74. The van der Waals surface area contributed by atoms with Gasteiger partial charge in [0.1, 0.15) is 4.90 Å². The SMILES string of the molecule is CC(CNS(=O)(=O)c1cnn(CCN)c1)c1nccs1. The smallest absolute Gasteiger partial charge is 0.243 e. The van der Waals surface area contributed by atoms with Crippen LogP contribution >= 0.6 is 11.3 Å². The molecule has 2 aromatic rings. The topological polar surface area (TPSA) is 103 Å². The van der Waals surface area contributed by atoms with E-state index in [0.717, 1.165) is 5.01 Å². The van der Waals surface area contributed by atoms with E-state index in [1.54, 1.807) is 6.20 Å². The molecule has 3 N–H and O–H groups in total. The maximum Gasteiger partial charge on any atom is 0.243 e. The van der Waals surface area contributed by atoms with Gasteiger partial charge >= 0.3 is 0 Å². The Kier molecular flexibility index (Phi) is 4.86. The van der Waals surface area contributed by atoms with E-state index >= 15 is 0 Å². The summed E-state index contributed by atoms with van der Waals surface area (Å²) in [7, 11) is -3.54. The van der Waals surface area contributed by atoms with Crippen molar-refractivity contribution in [3.05, 3.63) is 29.0 Å². The first-order chi connectivity index (χ1) is 9.53. The van der Waals surface area contributed by atoms with Crippen LogP contribution in [0, 0.1) is 0 Å². The summed E-state index contributed by atoms with van der Waals surface area (Å²) in [5.74, 6) is 0.0314. The van der Waals surface area contributed by atoms with Gasteiger partial charge in [-0.05, 0) is 0 Å². The zero-order valence-electron chi connectivity index (χ0n) is 11.1. The van der Waals surface area contributed by atoms with E-state index in [0.29, 0.717) is 19.6 Å². The summed E-state index contributed by atoms with van der Waals surface area (Å²) in [6.45, 7) is 3.14. The van der Waals surface area contributed by atoms with E-state index in [1.807, 2.05) is 12.3 Å². The van der Waals surface area contributed by atoms with E-state index in [1.165, 1.54) is 28.4 Å². The average molecular weight is 315 g/mol. The monoisotopic (exact) mass is 315 g/mol. The predicted octanol–water partition coefficient (Wildman–Crippen LogP) is 0.380. The highest BCUT2D eigenvalue weighted by atomic mass is 32.2. The van der Waals surface area contributed by atoms with E-state index in [-0.39, 0.29) is 10.8 Å². The van der Waals surface area contributed by atoms with Gasteiger partial charge in [-0.1, -0.05) is 6.92 Å². The Morgan fingerprint density at radius 1 is 1.55 bits per heavy atom. The number of hydrogen-bond donors (Lipinski definition) is 2. The lowest BCUT2D eigenvalue weighted by atomic mass is 10.2. The van der Waals surface area contributed by atoms with Gasteiger partial charge in [0.15, 0.2) is 0 Å². The molecule has 0 fully saturated rings. The molecule has 0 radical (unpaired) electrons. The molecule has 1 unspecified atom stereocenters. The molecule has 110 valence electrons. The molecule has 0 saturated carbocycles. The van der Waals surface area contributed by atoms with Gasteiger partial charge in [-0.25, -0.2) is 18.1 Å². The quantitative estimate of drug-likeness (QED) is 0.769. The Labute approximate surface area is 121 Å². The minimum atomic E-state index is -3.54. The van der Waals surface area contributed by atoms with Crippen LogP contribution in [-0.4, -0.2) is 36.3 Å². The van der Waals surface area contributed by atoms with E-state index in [4.69, 9.17) is 5.73 Å². The number of thiazole rings is 1. The minimum Gasteiger partial charge on any atom is -0.329 e. The second kappa shape index (κ2) is 6.44. The van der Waals surface area contributed by atoms with Crippen LogP contribution in [0.2, 0.25) is 0 Å². The second-order valence-electron chi connectivity index (χ2n) is 4.35. The van der Waals surface area contributed by atoms with Crippen molar-refractivity contribution >= 4 is 21.4 Å². The van der Waals surface area contributed by atoms with Crippen molar-refractivity contribution in [2.45, 2.75) is 24.3 Å². The summed E-state index contributed by atoms with van der Waals surface area (Å²) < 4.78 is 28.3. The third kappa shape index (κ3) is 3.63. The fraction of sp³-hybridized carbons (Fsp3) is 0.455. The van der Waals surface area contributed by atoms with Crippen LogP contribution in [0.5, 0.6) is 0 Å². The molecule has 7 nitrogen and oxygen atoms in total. The van der Waals surface area contributed by atoms with Gasteiger partial charge < -0.3 is 5.73 Å². The summed E-state index contributed by atoms with van der Waals surface area (Å²) in [6, 6.07) is 0. The zero-order valence-corrected chi connectivity index (χ0v) is 12.7. The largest absolute Gasteiger partial charge is 0.329 e. The Balaban J connectivity index is 1.99. The fourth-order valence-electron chi connectivity index (χ4n) is 1.62. The Morgan fingerprint density at radius 2 is 2.35 bits per heavy atom. The van der Waals surface area contributed by atoms with E-state index < -0.39 is 10.0 Å². The minimum absolute atomic E-state index is 0.0314. The van der Waals surface area contributed by atoms with Gasteiger partial charge in [0.25, 0.3) is 0 Å². The summed E-state index contributed by atoms with van der Waals surface area (Å²) in [5.41, 5.74) is 5.40. The van der Waals surface area contributed by atoms with Gasteiger partial charge in [0.05, 0.1) is 17.7 Å². The maximum atomic E-state index is 12.1. The van der Waals surface area contributed by atoms with Gasteiger partial charge in [-0.2, -0.15) is 5.10 Å². The lowest BCUT2D eigenvalue weighted by molar-refractivity contribution is 0.574. The van der Waals surface area contributed by atoms with Crippen LogP contribution in [0.15, 0.2) is 28.9 Å². The number of rotatable bonds is 7. The molecule has 20 heavy (non-hydrogen) atoms. The number of nitrogens with zero attached hydrogens (tertiary/aromatic N) is 3. The van der Waals surface area contributed by atoms with Crippen molar-refractivity contribution in [3.8, 4) is 0 Å². The van der Waals surface area contributed by atoms with Gasteiger partial charge in [-0.3, -0.25) is 4.68 Å². The van der Waals surface area contributed by atoms with Crippen molar-refractivity contribution in [1.29, 1.82) is 0 Å². The Morgan fingerprint density at radius 3 is 3.00 bits per heavy atom. The summed E-state index contributed by atoms with van der Waals surface area (Å²) in [6.07, 6.45) is 4.51. The molecule has 2 rings (SSSR count). The van der Waals surface area contributed by atoms with Crippen LogP contribution in [0.4, 0.5) is 0 Å². The Bertz CT molecular complexity index is 636. The lowest BCUT2D eigenvalue weighted by Gasteiger charge is -2.09. The third-order valence-corrected chi connectivity index (χ3v) is 5.12. The first-order valence-electron chi connectivity index (χ1n) is 6.14. The molecule has 1 atom stereocenters. The first kappa shape index (κ1) is 15.1. The molecule has 0 aliphatic heterocycles. The molecule has 2 heterocycles. The fourth-order valence-corrected chi connectivity index (χ4v) is 3.40. The molecule has 0 amide bonds. The summed E-state index contributed by atoms with van der Waals surface area (Å²) >= 11 is 1.51. The predicted molar refractivity (Wildman–Crippen MR) is 77.0 cm³/mol. The average Bonchev–Trinajstić information content (AvgIpc) is 3.07. The molecule has 0 aliphatic carbocycles. The number of sulfonamides is 1. The molecule has 0 bridgehead atoms. The maximum absolute atomic E-state index is 12.1. The standard InChI is InChI=1S/C11H17N5O2S2/c1-9(11-13-3-5-19-11)6-15-20(17,18)10-7-14-16(8-10)4-2-12/h3,5,7-9,15H,2,4,6,12H2,1H3. The van der Waals surface area contributed by atoms with Gasteiger partial charge in [0, 0.05) is 36.8 Å². The van der Waals surface area contributed by atoms with Crippen LogP contribution in [0.25, 0.3) is 0 Å². The van der Waals surface area contributed by atoms with E-state index in [9.17, 15) is 8.42 Å². The third-order valence-electron chi connectivity index (χ3n) is 2.73. The molecule has 0 aromatic carbocycles.